The minimum atomic E-state index is -0.0485. The number of amides is 1. The summed E-state index contributed by atoms with van der Waals surface area (Å²) in [7, 11) is 3.15. The van der Waals surface area contributed by atoms with Crippen LogP contribution in [0.2, 0.25) is 0 Å². The monoisotopic (exact) mass is 340 g/mol. The van der Waals surface area contributed by atoms with Gasteiger partial charge in [-0.3, -0.25) is 4.79 Å². The van der Waals surface area contributed by atoms with Crippen molar-refractivity contribution in [2.24, 2.45) is 11.7 Å². The van der Waals surface area contributed by atoms with Crippen molar-refractivity contribution in [1.29, 1.82) is 0 Å². The van der Waals surface area contributed by atoms with E-state index in [0.717, 1.165) is 0 Å². The van der Waals surface area contributed by atoms with Crippen LogP contribution < -0.4 is 15.2 Å². The number of methoxy groups -OCH3 is 2. The molecule has 1 saturated heterocycles. The van der Waals surface area contributed by atoms with E-state index in [-0.39, 0.29) is 17.7 Å². The summed E-state index contributed by atoms with van der Waals surface area (Å²) in [6, 6.07) is 15.5. The van der Waals surface area contributed by atoms with Gasteiger partial charge in [0.2, 0.25) is 0 Å². The Bertz CT molecular complexity index is 733. The largest absolute Gasteiger partial charge is 0.497 e. The van der Waals surface area contributed by atoms with Crippen LogP contribution in [0.25, 0.3) is 0 Å². The van der Waals surface area contributed by atoms with Crippen LogP contribution in [-0.4, -0.2) is 44.7 Å². The fraction of sp³-hybridized carbons (Fsp3) is 0.350. The summed E-state index contributed by atoms with van der Waals surface area (Å²) in [6.07, 6.45) is 0. The topological polar surface area (TPSA) is 64.8 Å². The van der Waals surface area contributed by atoms with Crippen molar-refractivity contribution in [2.75, 3.05) is 33.9 Å². The summed E-state index contributed by atoms with van der Waals surface area (Å²) in [5, 5.41) is 0. The van der Waals surface area contributed by atoms with Gasteiger partial charge in [0.15, 0.2) is 0 Å². The lowest BCUT2D eigenvalue weighted by atomic mass is 9.89. The van der Waals surface area contributed by atoms with Crippen LogP contribution in [0.3, 0.4) is 0 Å². The molecule has 2 atom stereocenters. The molecule has 132 valence electrons. The standard InChI is InChI=1S/C20H24N2O3/c1-24-16-8-9-19(25-2)17(10-16)20(23)22-12-15(11-21)18(13-22)14-6-4-3-5-7-14/h3-10,15,18H,11-13,21H2,1-2H3/t15-,18+/m1/s1. The van der Waals surface area contributed by atoms with Crippen LogP contribution in [0.5, 0.6) is 11.5 Å². The zero-order chi connectivity index (χ0) is 17.8. The molecule has 0 unspecified atom stereocenters. The third-order valence-electron chi connectivity index (χ3n) is 4.90. The van der Waals surface area contributed by atoms with E-state index >= 15 is 0 Å². The molecule has 2 N–H and O–H groups in total. The van der Waals surface area contributed by atoms with Crippen molar-refractivity contribution in [1.82, 2.24) is 4.90 Å². The lowest BCUT2D eigenvalue weighted by Gasteiger charge is -2.19. The van der Waals surface area contributed by atoms with Gasteiger partial charge in [-0.15, -0.1) is 0 Å². The number of carbonyl (C=O) groups excluding carboxylic acids is 1. The summed E-state index contributed by atoms with van der Waals surface area (Å²) in [5.41, 5.74) is 7.73. The Morgan fingerprint density at radius 3 is 2.52 bits per heavy atom. The maximum absolute atomic E-state index is 13.1. The molecular formula is C20H24N2O3. The minimum Gasteiger partial charge on any atom is -0.497 e. The quantitative estimate of drug-likeness (QED) is 0.908. The highest BCUT2D eigenvalue weighted by Crippen LogP contribution is 2.34. The van der Waals surface area contributed by atoms with Crippen LogP contribution in [-0.2, 0) is 0 Å². The highest BCUT2D eigenvalue weighted by molar-refractivity contribution is 5.97. The Hall–Kier alpha value is -2.53. The smallest absolute Gasteiger partial charge is 0.257 e. The summed E-state index contributed by atoms with van der Waals surface area (Å²) in [6.45, 7) is 1.86. The van der Waals surface area contributed by atoms with E-state index in [0.29, 0.717) is 36.7 Å². The number of benzene rings is 2. The summed E-state index contributed by atoms with van der Waals surface area (Å²) in [4.78, 5) is 15.0. The lowest BCUT2D eigenvalue weighted by Crippen LogP contribution is -2.30. The Morgan fingerprint density at radius 2 is 1.88 bits per heavy atom. The number of rotatable bonds is 5. The van der Waals surface area contributed by atoms with Crippen molar-refractivity contribution < 1.29 is 14.3 Å². The van der Waals surface area contributed by atoms with Crippen molar-refractivity contribution in [3.63, 3.8) is 0 Å². The van der Waals surface area contributed by atoms with Gasteiger partial charge < -0.3 is 20.1 Å². The van der Waals surface area contributed by atoms with Crippen molar-refractivity contribution >= 4 is 5.91 Å². The lowest BCUT2D eigenvalue weighted by molar-refractivity contribution is 0.0782. The Balaban J connectivity index is 1.86. The Kier molecular flexibility index (Phi) is 5.24. The normalized spacial score (nSPS) is 19.7. The second kappa shape index (κ2) is 7.57. The number of hydrogen-bond donors (Lipinski definition) is 1. The third kappa shape index (κ3) is 3.46. The summed E-state index contributed by atoms with van der Waals surface area (Å²) in [5.74, 6) is 1.65. The van der Waals surface area contributed by atoms with Gasteiger partial charge in [0.25, 0.3) is 5.91 Å². The van der Waals surface area contributed by atoms with Gasteiger partial charge in [-0.1, -0.05) is 30.3 Å². The van der Waals surface area contributed by atoms with Crippen molar-refractivity contribution in [2.45, 2.75) is 5.92 Å². The number of hydrogen-bond acceptors (Lipinski definition) is 4. The first-order valence-electron chi connectivity index (χ1n) is 8.44. The maximum Gasteiger partial charge on any atom is 0.257 e. The van der Waals surface area contributed by atoms with Gasteiger partial charge in [0.1, 0.15) is 11.5 Å². The first-order chi connectivity index (χ1) is 12.2. The maximum atomic E-state index is 13.1. The fourth-order valence-electron chi connectivity index (χ4n) is 3.51. The Labute approximate surface area is 148 Å². The van der Waals surface area contributed by atoms with Crippen LogP contribution in [0.4, 0.5) is 0 Å². The van der Waals surface area contributed by atoms with Crippen LogP contribution in [0.15, 0.2) is 48.5 Å². The molecule has 0 bridgehead atoms. The zero-order valence-electron chi connectivity index (χ0n) is 14.6. The molecule has 1 heterocycles. The minimum absolute atomic E-state index is 0.0485. The van der Waals surface area contributed by atoms with Crippen LogP contribution in [0, 0.1) is 5.92 Å². The van der Waals surface area contributed by atoms with E-state index < -0.39 is 0 Å². The Morgan fingerprint density at radius 1 is 1.12 bits per heavy atom. The molecule has 1 aliphatic rings. The molecule has 0 spiro atoms. The second-order valence-electron chi connectivity index (χ2n) is 6.29. The molecule has 1 aliphatic heterocycles. The molecule has 0 radical (unpaired) electrons. The molecular weight excluding hydrogens is 316 g/mol. The zero-order valence-corrected chi connectivity index (χ0v) is 14.6. The van der Waals surface area contributed by atoms with Gasteiger partial charge >= 0.3 is 0 Å². The van der Waals surface area contributed by atoms with E-state index in [1.807, 2.05) is 23.1 Å². The molecule has 3 rings (SSSR count). The van der Waals surface area contributed by atoms with E-state index in [2.05, 4.69) is 12.1 Å². The molecule has 1 fully saturated rings. The highest BCUT2D eigenvalue weighted by Gasteiger charge is 2.36. The van der Waals surface area contributed by atoms with Gasteiger partial charge in [-0.25, -0.2) is 0 Å². The number of ether oxygens (including phenoxy) is 2. The molecule has 2 aromatic carbocycles. The van der Waals surface area contributed by atoms with Gasteiger partial charge in [0, 0.05) is 19.0 Å². The van der Waals surface area contributed by atoms with Gasteiger partial charge in [-0.2, -0.15) is 0 Å². The van der Waals surface area contributed by atoms with Gasteiger partial charge in [0.05, 0.1) is 19.8 Å². The molecule has 25 heavy (non-hydrogen) atoms. The van der Waals surface area contributed by atoms with Gasteiger partial charge in [-0.05, 0) is 36.2 Å². The van der Waals surface area contributed by atoms with E-state index in [1.54, 1.807) is 32.4 Å². The van der Waals surface area contributed by atoms with Crippen molar-refractivity contribution in [3.8, 4) is 11.5 Å². The average molecular weight is 340 g/mol. The SMILES string of the molecule is COc1ccc(OC)c(C(=O)N2C[C@@H](CN)[C@H](c3ccccc3)C2)c1. The van der Waals surface area contributed by atoms with E-state index in [1.165, 1.54) is 5.56 Å². The fourth-order valence-corrected chi connectivity index (χ4v) is 3.51. The number of nitrogens with two attached hydrogens (primary N) is 1. The first-order valence-corrected chi connectivity index (χ1v) is 8.44. The summed E-state index contributed by atoms with van der Waals surface area (Å²) >= 11 is 0. The van der Waals surface area contributed by atoms with E-state index in [9.17, 15) is 4.79 Å². The van der Waals surface area contributed by atoms with Crippen LogP contribution >= 0.6 is 0 Å². The number of nitrogens with zero attached hydrogens (tertiary/aromatic N) is 1. The predicted molar refractivity (Wildman–Crippen MR) is 97.2 cm³/mol. The van der Waals surface area contributed by atoms with Crippen LogP contribution in [0.1, 0.15) is 21.8 Å². The van der Waals surface area contributed by atoms with Crippen molar-refractivity contribution in [3.05, 3.63) is 59.7 Å². The highest BCUT2D eigenvalue weighted by atomic mass is 16.5. The predicted octanol–water partition coefficient (Wildman–Crippen LogP) is 2.52. The third-order valence-corrected chi connectivity index (χ3v) is 4.90. The molecule has 2 aromatic rings. The van der Waals surface area contributed by atoms with E-state index in [4.69, 9.17) is 15.2 Å². The molecule has 0 aliphatic carbocycles. The molecule has 0 saturated carbocycles. The summed E-state index contributed by atoms with van der Waals surface area (Å²) < 4.78 is 10.6. The molecule has 5 heteroatoms. The number of carbonyl (C=O) groups is 1. The first kappa shape index (κ1) is 17.3. The second-order valence-corrected chi connectivity index (χ2v) is 6.29. The molecule has 0 aromatic heterocycles. The molecule has 1 amide bonds. The average Bonchev–Trinajstić information content (AvgIpc) is 3.12. The molecule has 5 nitrogen and oxygen atoms in total. The number of likely N-dealkylation sites (tertiary alicyclic amines) is 1.